The molecule has 0 aliphatic carbocycles. The largest absolute Gasteiger partial charge is 0.350 e. The highest BCUT2D eigenvalue weighted by atomic mass is 32.2. The van der Waals surface area contributed by atoms with Crippen LogP contribution in [0.1, 0.15) is 59.5 Å². The molecule has 2 amide bonds. The lowest BCUT2D eigenvalue weighted by atomic mass is 9.87. The summed E-state index contributed by atoms with van der Waals surface area (Å²) in [5, 5.41) is 8.02. The zero-order valence-electron chi connectivity index (χ0n) is 23.6. The fourth-order valence-corrected chi connectivity index (χ4v) is 6.12. The van der Waals surface area contributed by atoms with Crippen LogP contribution < -0.4 is 10.2 Å². The molecule has 0 radical (unpaired) electrons. The van der Waals surface area contributed by atoms with Crippen LogP contribution in [0, 0.1) is 13.8 Å². The Morgan fingerprint density at radius 1 is 1.02 bits per heavy atom. The molecular formula is C32H35N5O2S. The van der Waals surface area contributed by atoms with Gasteiger partial charge in [-0.15, -0.1) is 11.8 Å². The van der Waals surface area contributed by atoms with Crippen molar-refractivity contribution in [1.29, 1.82) is 0 Å². The lowest BCUT2D eigenvalue weighted by molar-refractivity contribution is -0.123. The molecule has 8 heteroatoms. The van der Waals surface area contributed by atoms with Gasteiger partial charge < -0.3 is 5.32 Å². The van der Waals surface area contributed by atoms with Crippen molar-refractivity contribution in [2.24, 2.45) is 0 Å². The number of anilines is 1. The number of carbonyl (C=O) groups excluding carboxylic acids is 2. The van der Waals surface area contributed by atoms with Crippen molar-refractivity contribution in [3.8, 4) is 5.69 Å². The number of hydrogen-bond donors (Lipinski definition) is 1. The number of pyridine rings is 1. The number of nitrogens with one attached hydrogen (secondary N) is 1. The van der Waals surface area contributed by atoms with Gasteiger partial charge in [0, 0.05) is 29.9 Å². The van der Waals surface area contributed by atoms with Gasteiger partial charge in [0.15, 0.2) is 0 Å². The van der Waals surface area contributed by atoms with E-state index in [2.05, 4.69) is 62.3 Å². The summed E-state index contributed by atoms with van der Waals surface area (Å²) in [5.74, 6) is 0.565. The summed E-state index contributed by atoms with van der Waals surface area (Å²) in [6.45, 7) is 10.8. The number of aromatic nitrogens is 3. The number of amides is 2. The van der Waals surface area contributed by atoms with Gasteiger partial charge in [0.1, 0.15) is 12.4 Å². The number of thioether (sulfide) groups is 1. The quantitative estimate of drug-likeness (QED) is 0.333. The first-order valence-corrected chi connectivity index (χ1v) is 14.5. The number of fused-ring (bicyclic) bond motifs is 1. The Hall–Kier alpha value is -3.91. The van der Waals surface area contributed by atoms with Crippen molar-refractivity contribution in [3.05, 3.63) is 107 Å². The van der Waals surface area contributed by atoms with E-state index >= 15 is 0 Å². The monoisotopic (exact) mass is 553 g/mol. The van der Waals surface area contributed by atoms with E-state index in [4.69, 9.17) is 5.10 Å². The summed E-state index contributed by atoms with van der Waals surface area (Å²) in [7, 11) is 0. The second-order valence-electron chi connectivity index (χ2n) is 11.3. The molecule has 1 aliphatic heterocycles. The Morgan fingerprint density at radius 2 is 1.75 bits per heavy atom. The zero-order chi connectivity index (χ0) is 28.4. The minimum absolute atomic E-state index is 0.0981. The second kappa shape index (κ2) is 11.3. The molecule has 1 atom stereocenters. The predicted molar refractivity (Wildman–Crippen MR) is 161 cm³/mol. The molecule has 2 aromatic carbocycles. The average molecular weight is 554 g/mol. The summed E-state index contributed by atoms with van der Waals surface area (Å²) < 4.78 is 1.86. The van der Waals surface area contributed by atoms with Gasteiger partial charge in [-0.05, 0) is 49.2 Å². The molecule has 1 aliphatic rings. The van der Waals surface area contributed by atoms with E-state index < -0.39 is 0 Å². The molecule has 7 nitrogen and oxygen atoms in total. The van der Waals surface area contributed by atoms with E-state index in [0.717, 1.165) is 39.2 Å². The maximum absolute atomic E-state index is 13.8. The fourth-order valence-electron chi connectivity index (χ4n) is 4.94. The molecule has 0 spiro atoms. The maximum Gasteiger partial charge on any atom is 0.240 e. The van der Waals surface area contributed by atoms with Crippen LogP contribution in [0.4, 0.5) is 5.82 Å². The van der Waals surface area contributed by atoms with Crippen molar-refractivity contribution < 1.29 is 9.59 Å². The number of hydrogen-bond acceptors (Lipinski definition) is 5. The fraction of sp³-hybridized carbons (Fsp3) is 0.312. The summed E-state index contributed by atoms with van der Waals surface area (Å²) >= 11 is 1.60. The third-order valence-corrected chi connectivity index (χ3v) is 8.22. The molecule has 206 valence electrons. The zero-order valence-corrected chi connectivity index (χ0v) is 24.5. The molecule has 4 aromatic rings. The molecule has 0 unspecified atom stereocenters. The van der Waals surface area contributed by atoms with Crippen LogP contribution in [-0.2, 0) is 21.5 Å². The van der Waals surface area contributed by atoms with Crippen molar-refractivity contribution in [2.45, 2.75) is 51.8 Å². The number of nitrogens with zero attached hydrogens (tertiary/aromatic N) is 4. The molecule has 0 saturated carbocycles. The normalized spacial score (nSPS) is 15.5. The van der Waals surface area contributed by atoms with Crippen LogP contribution in [0.2, 0.25) is 0 Å². The lowest BCUT2D eigenvalue weighted by Crippen LogP contribution is -2.42. The molecule has 0 saturated heterocycles. The van der Waals surface area contributed by atoms with Crippen LogP contribution >= 0.6 is 11.8 Å². The van der Waals surface area contributed by atoms with Gasteiger partial charge in [-0.1, -0.05) is 68.3 Å². The number of aryl methyl sites for hydroxylation is 2. The first-order chi connectivity index (χ1) is 19.1. The lowest BCUT2D eigenvalue weighted by Gasteiger charge is -2.24. The average Bonchev–Trinajstić information content (AvgIpc) is 3.26. The van der Waals surface area contributed by atoms with Crippen LogP contribution in [-0.4, -0.2) is 38.9 Å². The molecular weight excluding hydrogens is 518 g/mol. The van der Waals surface area contributed by atoms with Crippen molar-refractivity contribution >= 4 is 29.4 Å². The van der Waals surface area contributed by atoms with Crippen molar-refractivity contribution in [2.75, 3.05) is 17.2 Å². The summed E-state index contributed by atoms with van der Waals surface area (Å²) in [5.41, 5.74) is 6.81. The molecule has 0 fully saturated rings. The molecule has 5 rings (SSSR count). The van der Waals surface area contributed by atoms with Crippen LogP contribution in [0.15, 0.2) is 73.1 Å². The topological polar surface area (TPSA) is 80.1 Å². The van der Waals surface area contributed by atoms with Gasteiger partial charge in [-0.25, -0.2) is 4.68 Å². The highest BCUT2D eigenvalue weighted by molar-refractivity contribution is 8.00. The van der Waals surface area contributed by atoms with Crippen LogP contribution in [0.5, 0.6) is 0 Å². The SMILES string of the molecule is Cc1ccc(-n2nc(C(C)(C)C)c3c2N(CC(=O)NCc2ccncc2)C(=O)CS[C@@H]3c2cccc(C)c2)cc1. The van der Waals surface area contributed by atoms with Crippen molar-refractivity contribution in [1.82, 2.24) is 20.1 Å². The Kier molecular flexibility index (Phi) is 7.81. The summed E-state index contributed by atoms with van der Waals surface area (Å²) in [4.78, 5) is 32.8. The second-order valence-corrected chi connectivity index (χ2v) is 12.4. The Labute approximate surface area is 240 Å². The van der Waals surface area contributed by atoms with Gasteiger partial charge in [0.05, 0.1) is 22.4 Å². The van der Waals surface area contributed by atoms with Crippen LogP contribution in [0.25, 0.3) is 5.69 Å². The minimum Gasteiger partial charge on any atom is -0.350 e. The van der Waals surface area contributed by atoms with E-state index in [9.17, 15) is 9.59 Å². The highest BCUT2D eigenvalue weighted by Crippen LogP contribution is 2.48. The maximum atomic E-state index is 13.8. The first-order valence-electron chi connectivity index (χ1n) is 13.5. The van der Waals surface area contributed by atoms with E-state index in [1.54, 1.807) is 29.1 Å². The van der Waals surface area contributed by atoms with Gasteiger partial charge in [0.2, 0.25) is 11.8 Å². The molecule has 1 N–H and O–H groups in total. The van der Waals surface area contributed by atoms with E-state index in [1.165, 1.54) is 0 Å². The molecule has 40 heavy (non-hydrogen) atoms. The minimum atomic E-state index is -0.300. The predicted octanol–water partition coefficient (Wildman–Crippen LogP) is 5.67. The summed E-state index contributed by atoms with van der Waals surface area (Å²) in [6, 6.07) is 20.3. The third-order valence-electron chi connectivity index (χ3n) is 6.96. The number of carbonyl (C=O) groups is 2. The Balaban J connectivity index is 1.65. The Morgan fingerprint density at radius 3 is 2.42 bits per heavy atom. The van der Waals surface area contributed by atoms with Gasteiger partial charge >= 0.3 is 0 Å². The van der Waals surface area contributed by atoms with Crippen LogP contribution in [0.3, 0.4) is 0 Å². The van der Waals surface area contributed by atoms with Gasteiger partial charge in [-0.3, -0.25) is 19.5 Å². The Bertz CT molecular complexity index is 1520. The standard InChI is InChI=1S/C32H35N5O2S/c1-21-9-11-25(12-10-21)37-31-28(30(35-37)32(3,4)5)29(24-8-6-7-22(2)17-24)40-20-27(39)36(31)19-26(38)34-18-23-13-15-33-16-14-23/h6-17,29H,18-20H2,1-5H3,(H,34,38)/t29-/m1/s1. The molecule has 2 aromatic heterocycles. The van der Waals surface area contributed by atoms with Gasteiger partial charge in [0.25, 0.3) is 0 Å². The summed E-state index contributed by atoms with van der Waals surface area (Å²) in [6.07, 6.45) is 3.39. The molecule has 3 heterocycles. The highest BCUT2D eigenvalue weighted by Gasteiger charge is 2.39. The van der Waals surface area contributed by atoms with Crippen molar-refractivity contribution in [3.63, 3.8) is 0 Å². The number of benzene rings is 2. The smallest absolute Gasteiger partial charge is 0.240 e. The van der Waals surface area contributed by atoms with Gasteiger partial charge in [-0.2, -0.15) is 5.10 Å². The molecule has 0 bridgehead atoms. The van der Waals surface area contributed by atoms with E-state index in [1.807, 2.05) is 48.0 Å². The first kappa shape index (κ1) is 27.6. The van der Waals surface area contributed by atoms with E-state index in [0.29, 0.717) is 12.4 Å². The third kappa shape index (κ3) is 5.82. The number of rotatable bonds is 6. The van der Waals surface area contributed by atoms with E-state index in [-0.39, 0.29) is 34.8 Å².